The standard InChI is InChI=1S/C26H28N2O7/c1-34-23(29)13-22(25(31)32)27-24(30)21(12-15-10-11-15)28-26(33)35-14-20-18-8-4-2-6-16(18)17-7-3-5-9-19(17)20/h2-9,15,20-22H,10-14H2,1H3,(H,27,30)(H,28,33)(H,31,32)/t21-,22+/m0/s1. The maximum absolute atomic E-state index is 12.8. The summed E-state index contributed by atoms with van der Waals surface area (Å²) in [7, 11) is 1.14. The second-order valence-electron chi connectivity index (χ2n) is 8.88. The zero-order valence-electron chi connectivity index (χ0n) is 19.4. The van der Waals surface area contributed by atoms with E-state index in [4.69, 9.17) is 4.74 Å². The Morgan fingerprint density at radius 2 is 1.54 bits per heavy atom. The van der Waals surface area contributed by atoms with Gasteiger partial charge in [-0.1, -0.05) is 61.4 Å². The van der Waals surface area contributed by atoms with Gasteiger partial charge in [0.2, 0.25) is 5.91 Å². The zero-order valence-corrected chi connectivity index (χ0v) is 19.4. The number of benzene rings is 2. The first-order chi connectivity index (χ1) is 16.9. The number of carbonyl (C=O) groups excluding carboxylic acids is 3. The zero-order chi connectivity index (χ0) is 24.9. The molecule has 0 aromatic heterocycles. The molecule has 2 amide bonds. The Balaban J connectivity index is 1.40. The number of alkyl carbamates (subject to hydrolysis) is 1. The molecule has 184 valence electrons. The molecule has 35 heavy (non-hydrogen) atoms. The number of esters is 1. The summed E-state index contributed by atoms with van der Waals surface area (Å²) in [4.78, 5) is 48.5. The van der Waals surface area contributed by atoms with Crippen LogP contribution < -0.4 is 10.6 Å². The molecule has 4 rings (SSSR count). The van der Waals surface area contributed by atoms with E-state index in [1.165, 1.54) is 0 Å². The van der Waals surface area contributed by atoms with Gasteiger partial charge < -0.3 is 25.2 Å². The normalized spacial score (nSPS) is 15.8. The Kier molecular flexibility index (Phi) is 7.33. The number of carboxylic acids is 1. The fourth-order valence-corrected chi connectivity index (χ4v) is 4.42. The van der Waals surface area contributed by atoms with Crippen LogP contribution >= 0.6 is 0 Å². The van der Waals surface area contributed by atoms with Crippen molar-refractivity contribution < 1.29 is 33.8 Å². The third kappa shape index (κ3) is 5.79. The molecular formula is C26H28N2O7. The average molecular weight is 481 g/mol. The predicted octanol–water partition coefficient (Wildman–Crippen LogP) is 2.83. The monoisotopic (exact) mass is 480 g/mol. The van der Waals surface area contributed by atoms with Crippen LogP contribution in [0.3, 0.4) is 0 Å². The molecule has 2 atom stereocenters. The van der Waals surface area contributed by atoms with Gasteiger partial charge in [0.05, 0.1) is 13.5 Å². The lowest BCUT2D eigenvalue weighted by atomic mass is 9.98. The van der Waals surface area contributed by atoms with Crippen molar-refractivity contribution >= 4 is 23.9 Å². The Morgan fingerprint density at radius 3 is 2.09 bits per heavy atom. The second-order valence-corrected chi connectivity index (χ2v) is 8.88. The molecule has 1 saturated carbocycles. The van der Waals surface area contributed by atoms with E-state index >= 15 is 0 Å². The molecular weight excluding hydrogens is 452 g/mol. The number of carbonyl (C=O) groups is 4. The number of methoxy groups -OCH3 is 1. The minimum absolute atomic E-state index is 0.0950. The third-order valence-electron chi connectivity index (χ3n) is 6.43. The maximum atomic E-state index is 12.8. The number of aliphatic carboxylic acids is 1. The molecule has 2 aromatic rings. The molecule has 2 aliphatic rings. The Hall–Kier alpha value is -3.88. The van der Waals surface area contributed by atoms with Gasteiger partial charge >= 0.3 is 18.0 Å². The summed E-state index contributed by atoms with van der Waals surface area (Å²) in [6.45, 7) is 0.0950. The number of hydrogen-bond donors (Lipinski definition) is 3. The van der Waals surface area contributed by atoms with Gasteiger partial charge in [0.15, 0.2) is 0 Å². The second kappa shape index (κ2) is 10.6. The fraction of sp³-hybridized carbons (Fsp3) is 0.385. The summed E-state index contributed by atoms with van der Waals surface area (Å²) >= 11 is 0. The van der Waals surface area contributed by atoms with Gasteiger partial charge in [-0.3, -0.25) is 9.59 Å². The summed E-state index contributed by atoms with van der Waals surface area (Å²) in [5, 5.41) is 14.3. The van der Waals surface area contributed by atoms with Crippen molar-refractivity contribution in [2.24, 2.45) is 5.92 Å². The SMILES string of the molecule is COC(=O)C[C@@H](NC(=O)[C@H](CC1CC1)NC(=O)OCC1c2ccccc2-c2ccccc21)C(=O)O. The van der Waals surface area contributed by atoms with Crippen molar-refractivity contribution in [1.82, 2.24) is 10.6 Å². The minimum Gasteiger partial charge on any atom is -0.480 e. The van der Waals surface area contributed by atoms with Crippen LogP contribution in [0.1, 0.15) is 42.7 Å². The van der Waals surface area contributed by atoms with E-state index in [0.717, 1.165) is 42.2 Å². The van der Waals surface area contributed by atoms with E-state index in [-0.39, 0.29) is 18.4 Å². The van der Waals surface area contributed by atoms with Crippen molar-refractivity contribution in [3.05, 3.63) is 59.7 Å². The Labute approximate surface area is 202 Å². The smallest absolute Gasteiger partial charge is 0.407 e. The van der Waals surface area contributed by atoms with Crippen LogP contribution in [0.25, 0.3) is 11.1 Å². The van der Waals surface area contributed by atoms with Crippen LogP contribution in [-0.2, 0) is 23.9 Å². The van der Waals surface area contributed by atoms with E-state index in [2.05, 4.69) is 15.4 Å². The number of carboxylic acid groups (broad SMARTS) is 1. The largest absolute Gasteiger partial charge is 0.480 e. The van der Waals surface area contributed by atoms with Gasteiger partial charge in [0, 0.05) is 5.92 Å². The molecule has 3 N–H and O–H groups in total. The van der Waals surface area contributed by atoms with Gasteiger partial charge in [-0.05, 0) is 34.6 Å². The van der Waals surface area contributed by atoms with E-state index < -0.39 is 42.4 Å². The Bertz CT molecular complexity index is 1080. The molecule has 0 spiro atoms. The van der Waals surface area contributed by atoms with Crippen molar-refractivity contribution in [2.75, 3.05) is 13.7 Å². The summed E-state index contributed by atoms with van der Waals surface area (Å²) in [6.07, 6.45) is 0.952. The van der Waals surface area contributed by atoms with Crippen molar-refractivity contribution in [1.29, 1.82) is 0 Å². The van der Waals surface area contributed by atoms with Gasteiger partial charge in [-0.15, -0.1) is 0 Å². The molecule has 9 heteroatoms. The molecule has 0 heterocycles. The lowest BCUT2D eigenvalue weighted by Crippen LogP contribution is -2.52. The highest BCUT2D eigenvalue weighted by molar-refractivity contribution is 5.91. The molecule has 1 fully saturated rings. The van der Waals surface area contributed by atoms with E-state index in [1.54, 1.807) is 0 Å². The maximum Gasteiger partial charge on any atom is 0.407 e. The fourth-order valence-electron chi connectivity index (χ4n) is 4.42. The van der Waals surface area contributed by atoms with Crippen LogP contribution in [-0.4, -0.2) is 54.8 Å². The van der Waals surface area contributed by atoms with Gasteiger partial charge in [-0.25, -0.2) is 9.59 Å². The first-order valence-corrected chi connectivity index (χ1v) is 11.6. The summed E-state index contributed by atoms with van der Waals surface area (Å²) in [5.74, 6) is -2.67. The molecule has 0 radical (unpaired) electrons. The molecule has 0 saturated heterocycles. The summed E-state index contributed by atoms with van der Waals surface area (Å²) < 4.78 is 10.0. The van der Waals surface area contributed by atoms with Crippen molar-refractivity contribution in [2.45, 2.75) is 43.7 Å². The topological polar surface area (TPSA) is 131 Å². The molecule has 2 aromatic carbocycles. The average Bonchev–Trinajstić information content (AvgIpc) is 3.62. The predicted molar refractivity (Wildman–Crippen MR) is 126 cm³/mol. The third-order valence-corrected chi connectivity index (χ3v) is 6.43. The lowest BCUT2D eigenvalue weighted by Gasteiger charge is -2.21. The highest BCUT2D eigenvalue weighted by Crippen LogP contribution is 2.44. The number of fused-ring (bicyclic) bond motifs is 3. The minimum atomic E-state index is -1.46. The quantitative estimate of drug-likeness (QED) is 0.446. The van der Waals surface area contributed by atoms with E-state index in [9.17, 15) is 24.3 Å². The molecule has 0 unspecified atom stereocenters. The van der Waals surface area contributed by atoms with Crippen LogP contribution in [0.5, 0.6) is 0 Å². The summed E-state index contributed by atoms with van der Waals surface area (Å²) in [5.41, 5.74) is 4.35. The lowest BCUT2D eigenvalue weighted by molar-refractivity contribution is -0.149. The first-order valence-electron chi connectivity index (χ1n) is 11.6. The molecule has 9 nitrogen and oxygen atoms in total. The number of nitrogens with one attached hydrogen (secondary N) is 2. The van der Waals surface area contributed by atoms with E-state index in [0.29, 0.717) is 6.42 Å². The van der Waals surface area contributed by atoms with Gasteiger partial charge in [-0.2, -0.15) is 0 Å². The highest BCUT2D eigenvalue weighted by Gasteiger charge is 2.34. The molecule has 2 aliphatic carbocycles. The number of rotatable bonds is 10. The number of hydrogen-bond acceptors (Lipinski definition) is 6. The number of amides is 2. The van der Waals surface area contributed by atoms with Crippen molar-refractivity contribution in [3.8, 4) is 11.1 Å². The van der Waals surface area contributed by atoms with Crippen LogP contribution in [0, 0.1) is 5.92 Å². The highest BCUT2D eigenvalue weighted by atomic mass is 16.5. The van der Waals surface area contributed by atoms with Crippen LogP contribution in [0.4, 0.5) is 4.79 Å². The van der Waals surface area contributed by atoms with Crippen LogP contribution in [0.2, 0.25) is 0 Å². The first kappa shape index (κ1) is 24.3. The molecule has 0 aliphatic heterocycles. The van der Waals surface area contributed by atoms with Gasteiger partial charge in [0.1, 0.15) is 18.7 Å². The Morgan fingerprint density at radius 1 is 0.943 bits per heavy atom. The number of ether oxygens (including phenoxy) is 2. The molecule has 0 bridgehead atoms. The van der Waals surface area contributed by atoms with Crippen molar-refractivity contribution in [3.63, 3.8) is 0 Å². The van der Waals surface area contributed by atoms with Crippen LogP contribution in [0.15, 0.2) is 48.5 Å². The summed E-state index contributed by atoms with van der Waals surface area (Å²) in [6, 6.07) is 13.5. The van der Waals surface area contributed by atoms with E-state index in [1.807, 2.05) is 48.5 Å². The van der Waals surface area contributed by atoms with Gasteiger partial charge in [0.25, 0.3) is 0 Å².